The maximum absolute atomic E-state index is 14.6. The molecule has 0 radical (unpaired) electrons. The number of nitrogens with zero attached hydrogens (tertiary/aromatic N) is 3. The summed E-state index contributed by atoms with van der Waals surface area (Å²) < 4.78 is 31.0. The number of aromatic nitrogens is 2. The molecular weight excluding hydrogens is 432 g/mol. The molecule has 6 heteroatoms. The Hall–Kier alpha value is -3.54. The predicted molar refractivity (Wildman–Crippen MR) is 129 cm³/mol. The zero-order valence-electron chi connectivity index (χ0n) is 19.6. The third kappa shape index (κ3) is 3.67. The second-order valence-corrected chi connectivity index (χ2v) is 9.29. The first kappa shape index (κ1) is 22.3. The van der Waals surface area contributed by atoms with Gasteiger partial charge in [0.1, 0.15) is 11.6 Å². The predicted octanol–water partition coefficient (Wildman–Crippen LogP) is 6.34. The summed E-state index contributed by atoms with van der Waals surface area (Å²) in [6.07, 6.45) is 0.923. The van der Waals surface area contributed by atoms with Crippen molar-refractivity contribution in [3.8, 4) is 11.1 Å². The summed E-state index contributed by atoms with van der Waals surface area (Å²) >= 11 is 0. The lowest BCUT2D eigenvalue weighted by Gasteiger charge is -2.21. The van der Waals surface area contributed by atoms with Gasteiger partial charge in [-0.2, -0.15) is 5.10 Å². The zero-order chi connectivity index (χ0) is 24.0. The fourth-order valence-corrected chi connectivity index (χ4v) is 5.14. The average molecular weight is 460 g/mol. The summed E-state index contributed by atoms with van der Waals surface area (Å²) in [4.78, 5) is 15.5. The van der Waals surface area contributed by atoms with Crippen molar-refractivity contribution in [3.63, 3.8) is 0 Å². The van der Waals surface area contributed by atoms with Gasteiger partial charge in [-0.15, -0.1) is 0 Å². The summed E-state index contributed by atoms with van der Waals surface area (Å²) in [7, 11) is 0. The van der Waals surface area contributed by atoms with Gasteiger partial charge in [-0.25, -0.2) is 13.3 Å². The van der Waals surface area contributed by atoms with Crippen molar-refractivity contribution < 1.29 is 13.6 Å². The van der Waals surface area contributed by atoms with Crippen LogP contribution in [-0.2, 0) is 0 Å². The molecule has 34 heavy (non-hydrogen) atoms. The lowest BCUT2D eigenvalue weighted by Crippen LogP contribution is -2.30. The van der Waals surface area contributed by atoms with Crippen LogP contribution in [0.5, 0.6) is 0 Å². The fourth-order valence-electron chi connectivity index (χ4n) is 5.14. The van der Waals surface area contributed by atoms with Gasteiger partial charge in [0.25, 0.3) is 5.91 Å². The van der Waals surface area contributed by atoms with Gasteiger partial charge in [0.05, 0.1) is 28.0 Å². The van der Waals surface area contributed by atoms with E-state index >= 15 is 0 Å². The van der Waals surface area contributed by atoms with Crippen molar-refractivity contribution in [1.82, 2.24) is 14.5 Å². The van der Waals surface area contributed by atoms with Gasteiger partial charge >= 0.3 is 0 Å². The maximum atomic E-state index is 14.6. The number of pyridine rings is 1. The lowest BCUT2D eigenvalue weighted by atomic mass is 9.98. The Kier molecular flexibility index (Phi) is 5.68. The Labute approximate surface area is 197 Å². The van der Waals surface area contributed by atoms with Gasteiger partial charge < -0.3 is 4.90 Å². The molecular formula is C28H27F2N3O. The third-order valence-electron chi connectivity index (χ3n) is 6.74. The van der Waals surface area contributed by atoms with Gasteiger partial charge in [0.2, 0.25) is 0 Å². The van der Waals surface area contributed by atoms with Crippen LogP contribution in [-0.4, -0.2) is 33.5 Å². The smallest absolute Gasteiger partial charge is 0.255 e. The van der Waals surface area contributed by atoms with Crippen LogP contribution in [0.25, 0.3) is 16.6 Å². The number of carbonyl (C=O) groups excluding carboxylic acids is 1. The highest BCUT2D eigenvalue weighted by Gasteiger charge is 2.31. The maximum Gasteiger partial charge on any atom is 0.255 e. The summed E-state index contributed by atoms with van der Waals surface area (Å²) in [5, 5.41) is 4.64. The molecule has 1 saturated heterocycles. The minimum absolute atomic E-state index is 0.0206. The van der Waals surface area contributed by atoms with Gasteiger partial charge in [0, 0.05) is 24.6 Å². The molecule has 4 nitrogen and oxygen atoms in total. The summed E-state index contributed by atoms with van der Waals surface area (Å²) in [5.41, 5.74) is 4.01. The molecule has 1 atom stereocenters. The van der Waals surface area contributed by atoms with Crippen LogP contribution in [0, 0.1) is 18.6 Å². The number of rotatable bonds is 4. The molecule has 0 saturated carbocycles. The number of amides is 1. The molecule has 2 aromatic heterocycles. The Bertz CT molecular complexity index is 1360. The van der Waals surface area contributed by atoms with E-state index in [1.807, 2.05) is 36.9 Å². The number of hydrogen-bond donors (Lipinski definition) is 0. The zero-order valence-corrected chi connectivity index (χ0v) is 19.6. The van der Waals surface area contributed by atoms with E-state index in [-0.39, 0.29) is 17.4 Å². The third-order valence-corrected chi connectivity index (χ3v) is 6.74. The van der Waals surface area contributed by atoms with Crippen LogP contribution in [0.1, 0.15) is 59.4 Å². The van der Waals surface area contributed by atoms with E-state index in [9.17, 15) is 13.6 Å². The monoisotopic (exact) mass is 459 g/mol. The second-order valence-electron chi connectivity index (χ2n) is 9.29. The Morgan fingerprint density at radius 2 is 1.68 bits per heavy atom. The van der Waals surface area contributed by atoms with E-state index in [1.54, 1.807) is 23.6 Å². The fraction of sp³-hybridized carbons (Fsp3) is 0.286. The van der Waals surface area contributed by atoms with Gasteiger partial charge in [0.15, 0.2) is 0 Å². The summed E-state index contributed by atoms with van der Waals surface area (Å²) in [6, 6.07) is 17.7. The molecule has 0 N–H and O–H groups in total. The molecule has 1 aliphatic rings. The van der Waals surface area contributed by atoms with E-state index in [4.69, 9.17) is 0 Å². The number of likely N-dealkylation sites (tertiary alicyclic amines) is 1. The van der Waals surface area contributed by atoms with E-state index < -0.39 is 11.6 Å². The number of fused-ring (bicyclic) bond motifs is 1. The Morgan fingerprint density at radius 3 is 2.35 bits per heavy atom. The van der Waals surface area contributed by atoms with Crippen LogP contribution in [0.4, 0.5) is 8.78 Å². The standard InChI is InChI=1S/C28H27F2N3O/c1-17(2)27-21(28(34)32-15-14-20(16-32)19-8-5-4-6-9-19)12-13-24-25(18(3)31-33(24)27)26-22(29)10-7-11-23(26)30/h4-13,17,20H,14-16H2,1-3H3/t20-/m0/s1. The molecule has 5 rings (SSSR count). The van der Waals surface area contributed by atoms with Gasteiger partial charge in [-0.3, -0.25) is 4.79 Å². The highest BCUT2D eigenvalue weighted by atomic mass is 19.1. The highest BCUT2D eigenvalue weighted by Crippen LogP contribution is 2.36. The molecule has 0 unspecified atom stereocenters. The molecule has 4 aromatic rings. The number of benzene rings is 2. The van der Waals surface area contributed by atoms with E-state index in [0.29, 0.717) is 41.3 Å². The van der Waals surface area contributed by atoms with Gasteiger partial charge in [-0.1, -0.05) is 50.2 Å². The first-order valence-electron chi connectivity index (χ1n) is 11.7. The molecule has 174 valence electrons. The lowest BCUT2D eigenvalue weighted by molar-refractivity contribution is 0.0788. The van der Waals surface area contributed by atoms with E-state index in [1.165, 1.54) is 23.8 Å². The van der Waals surface area contributed by atoms with Crippen LogP contribution < -0.4 is 0 Å². The Morgan fingerprint density at radius 1 is 0.971 bits per heavy atom. The highest BCUT2D eigenvalue weighted by molar-refractivity contribution is 5.97. The Balaban J connectivity index is 1.57. The first-order chi connectivity index (χ1) is 16.4. The van der Waals surface area contributed by atoms with Crippen LogP contribution in [0.2, 0.25) is 0 Å². The van der Waals surface area contributed by atoms with Crippen molar-refractivity contribution in [2.24, 2.45) is 0 Å². The molecule has 1 amide bonds. The van der Waals surface area contributed by atoms with Crippen LogP contribution in [0.15, 0.2) is 60.7 Å². The SMILES string of the molecule is Cc1nn2c(C(C)C)c(C(=O)N3CC[C@H](c4ccccc4)C3)ccc2c1-c1c(F)cccc1F. The number of carbonyl (C=O) groups is 1. The molecule has 0 bridgehead atoms. The minimum Gasteiger partial charge on any atom is -0.338 e. The average Bonchev–Trinajstić information content (AvgIpc) is 3.43. The largest absolute Gasteiger partial charge is 0.338 e. The van der Waals surface area contributed by atoms with E-state index in [2.05, 4.69) is 17.2 Å². The number of aryl methyl sites for hydroxylation is 1. The van der Waals surface area contributed by atoms with Crippen molar-refractivity contribution in [3.05, 3.63) is 94.8 Å². The van der Waals surface area contributed by atoms with Crippen molar-refractivity contribution >= 4 is 11.4 Å². The normalized spacial score (nSPS) is 16.1. The first-order valence-corrected chi connectivity index (χ1v) is 11.7. The van der Waals surface area contributed by atoms with Crippen molar-refractivity contribution in [1.29, 1.82) is 0 Å². The second kappa shape index (κ2) is 8.67. The summed E-state index contributed by atoms with van der Waals surface area (Å²) in [6.45, 7) is 7.11. The van der Waals surface area contributed by atoms with Crippen LogP contribution >= 0.6 is 0 Å². The quantitative estimate of drug-likeness (QED) is 0.357. The molecule has 2 aromatic carbocycles. The van der Waals surface area contributed by atoms with E-state index in [0.717, 1.165) is 12.1 Å². The number of halogens is 2. The molecule has 0 aliphatic carbocycles. The molecule has 1 aliphatic heterocycles. The molecule has 0 spiro atoms. The molecule has 3 heterocycles. The van der Waals surface area contributed by atoms with Crippen molar-refractivity contribution in [2.45, 2.75) is 39.0 Å². The molecule has 1 fully saturated rings. The number of hydrogen-bond acceptors (Lipinski definition) is 2. The van der Waals surface area contributed by atoms with Crippen LogP contribution in [0.3, 0.4) is 0 Å². The topological polar surface area (TPSA) is 37.6 Å². The van der Waals surface area contributed by atoms with Crippen molar-refractivity contribution in [2.75, 3.05) is 13.1 Å². The minimum atomic E-state index is -0.631. The summed E-state index contributed by atoms with van der Waals surface area (Å²) in [5.74, 6) is -0.996. The van der Waals surface area contributed by atoms with Gasteiger partial charge in [-0.05, 0) is 49.1 Å².